The number of rotatable bonds is 1. The standard InChI is InChI=1S/C14H19ClN2O/c1-10-6-11(2)9-17(8-10)14(18)16-13-5-3-4-12(15)7-13/h3-5,7,10-11H,6,8-9H2,1-2H3,(H,16,18). The Hall–Kier alpha value is -1.22. The summed E-state index contributed by atoms with van der Waals surface area (Å²) in [5.41, 5.74) is 0.748. The van der Waals surface area contributed by atoms with Crippen LogP contribution in [0.2, 0.25) is 5.02 Å². The Kier molecular flexibility index (Phi) is 4.12. The van der Waals surface area contributed by atoms with E-state index in [4.69, 9.17) is 11.6 Å². The monoisotopic (exact) mass is 266 g/mol. The smallest absolute Gasteiger partial charge is 0.321 e. The van der Waals surface area contributed by atoms with Crippen molar-refractivity contribution < 1.29 is 4.79 Å². The molecular formula is C14H19ClN2O. The first-order chi connectivity index (χ1) is 8.54. The molecule has 1 N–H and O–H groups in total. The summed E-state index contributed by atoms with van der Waals surface area (Å²) in [5.74, 6) is 1.14. The van der Waals surface area contributed by atoms with Crippen LogP contribution in [0.3, 0.4) is 0 Å². The predicted octanol–water partition coefficient (Wildman–Crippen LogP) is 3.85. The number of hydrogen-bond acceptors (Lipinski definition) is 1. The fraction of sp³-hybridized carbons (Fsp3) is 0.500. The third kappa shape index (κ3) is 3.39. The lowest BCUT2D eigenvalue weighted by Crippen LogP contribution is -2.44. The average molecular weight is 267 g/mol. The van der Waals surface area contributed by atoms with Crippen molar-refractivity contribution >= 4 is 23.3 Å². The average Bonchev–Trinajstić information content (AvgIpc) is 2.27. The van der Waals surface area contributed by atoms with Crippen molar-refractivity contribution in [1.82, 2.24) is 4.90 Å². The van der Waals surface area contributed by atoms with Gasteiger partial charge in [-0.25, -0.2) is 4.79 Å². The van der Waals surface area contributed by atoms with Crippen molar-refractivity contribution in [2.45, 2.75) is 20.3 Å². The molecule has 2 amide bonds. The Labute approximate surface area is 113 Å². The fourth-order valence-electron chi connectivity index (χ4n) is 2.60. The molecule has 4 heteroatoms. The number of nitrogens with zero attached hydrogens (tertiary/aromatic N) is 1. The second-order valence-electron chi connectivity index (χ2n) is 5.29. The molecule has 3 nitrogen and oxygen atoms in total. The van der Waals surface area contributed by atoms with Gasteiger partial charge in [0.25, 0.3) is 0 Å². The minimum Gasteiger partial charge on any atom is -0.324 e. The quantitative estimate of drug-likeness (QED) is 0.823. The molecule has 0 aliphatic carbocycles. The van der Waals surface area contributed by atoms with Crippen molar-refractivity contribution in [3.8, 4) is 0 Å². The molecule has 2 rings (SSSR count). The van der Waals surface area contributed by atoms with Gasteiger partial charge in [0.05, 0.1) is 0 Å². The van der Waals surface area contributed by atoms with Gasteiger partial charge in [-0.05, 0) is 36.5 Å². The molecule has 0 aromatic heterocycles. The van der Waals surface area contributed by atoms with Gasteiger partial charge in [0.1, 0.15) is 0 Å². The molecule has 18 heavy (non-hydrogen) atoms. The van der Waals surface area contributed by atoms with Crippen LogP contribution in [-0.2, 0) is 0 Å². The number of benzene rings is 1. The van der Waals surface area contributed by atoms with Gasteiger partial charge in [-0.15, -0.1) is 0 Å². The van der Waals surface area contributed by atoms with E-state index in [0.717, 1.165) is 18.8 Å². The van der Waals surface area contributed by atoms with E-state index in [9.17, 15) is 4.79 Å². The molecule has 0 saturated carbocycles. The highest BCUT2D eigenvalue weighted by Crippen LogP contribution is 2.22. The van der Waals surface area contributed by atoms with Crippen LogP contribution in [0.25, 0.3) is 0 Å². The topological polar surface area (TPSA) is 32.3 Å². The highest BCUT2D eigenvalue weighted by atomic mass is 35.5. The van der Waals surface area contributed by atoms with Gasteiger partial charge in [0.2, 0.25) is 0 Å². The molecule has 2 atom stereocenters. The SMILES string of the molecule is CC1CC(C)CN(C(=O)Nc2cccc(Cl)c2)C1. The fourth-order valence-corrected chi connectivity index (χ4v) is 2.79. The zero-order valence-corrected chi connectivity index (χ0v) is 11.6. The van der Waals surface area contributed by atoms with E-state index in [2.05, 4.69) is 19.2 Å². The van der Waals surface area contributed by atoms with Crippen LogP contribution in [0.5, 0.6) is 0 Å². The largest absolute Gasteiger partial charge is 0.324 e. The molecule has 1 fully saturated rings. The maximum absolute atomic E-state index is 12.1. The van der Waals surface area contributed by atoms with Gasteiger partial charge in [0, 0.05) is 23.8 Å². The Morgan fingerprint density at radius 1 is 1.33 bits per heavy atom. The number of hydrogen-bond donors (Lipinski definition) is 1. The van der Waals surface area contributed by atoms with E-state index in [1.807, 2.05) is 17.0 Å². The number of amides is 2. The number of nitrogens with one attached hydrogen (secondary N) is 1. The van der Waals surface area contributed by atoms with Gasteiger partial charge in [-0.2, -0.15) is 0 Å². The summed E-state index contributed by atoms with van der Waals surface area (Å²) in [7, 11) is 0. The van der Waals surface area contributed by atoms with Crippen molar-refractivity contribution in [1.29, 1.82) is 0 Å². The van der Waals surface area contributed by atoms with Gasteiger partial charge < -0.3 is 10.2 Å². The van der Waals surface area contributed by atoms with E-state index in [0.29, 0.717) is 16.9 Å². The van der Waals surface area contributed by atoms with Gasteiger partial charge in [0.15, 0.2) is 0 Å². The molecule has 1 saturated heterocycles. The Morgan fingerprint density at radius 2 is 2.00 bits per heavy atom. The van der Waals surface area contributed by atoms with E-state index < -0.39 is 0 Å². The van der Waals surface area contributed by atoms with Crippen molar-refractivity contribution in [2.75, 3.05) is 18.4 Å². The molecule has 0 bridgehead atoms. The lowest BCUT2D eigenvalue weighted by Gasteiger charge is -2.34. The number of anilines is 1. The molecule has 2 unspecified atom stereocenters. The summed E-state index contributed by atoms with van der Waals surface area (Å²) in [5, 5.41) is 3.53. The van der Waals surface area contributed by atoms with Crippen LogP contribution < -0.4 is 5.32 Å². The van der Waals surface area contributed by atoms with E-state index >= 15 is 0 Å². The molecule has 0 radical (unpaired) electrons. The van der Waals surface area contributed by atoms with Crippen LogP contribution in [0.1, 0.15) is 20.3 Å². The Morgan fingerprint density at radius 3 is 2.61 bits per heavy atom. The zero-order valence-electron chi connectivity index (χ0n) is 10.8. The van der Waals surface area contributed by atoms with Crippen molar-refractivity contribution in [3.63, 3.8) is 0 Å². The number of urea groups is 1. The number of carbonyl (C=O) groups is 1. The summed E-state index contributed by atoms with van der Waals surface area (Å²) in [6, 6.07) is 7.20. The Balaban J connectivity index is 1.99. The van der Waals surface area contributed by atoms with Gasteiger partial charge in [-0.1, -0.05) is 31.5 Å². The van der Waals surface area contributed by atoms with Crippen LogP contribution >= 0.6 is 11.6 Å². The van der Waals surface area contributed by atoms with Crippen molar-refractivity contribution in [3.05, 3.63) is 29.3 Å². The third-order valence-corrected chi connectivity index (χ3v) is 3.47. The Bertz CT molecular complexity index is 426. The highest BCUT2D eigenvalue weighted by molar-refractivity contribution is 6.30. The third-order valence-electron chi connectivity index (χ3n) is 3.23. The number of carbonyl (C=O) groups excluding carboxylic acids is 1. The maximum atomic E-state index is 12.1. The second kappa shape index (κ2) is 5.61. The first-order valence-electron chi connectivity index (χ1n) is 6.36. The normalized spacial score (nSPS) is 23.8. The number of likely N-dealkylation sites (tertiary alicyclic amines) is 1. The van der Waals surface area contributed by atoms with E-state index in [1.165, 1.54) is 6.42 Å². The molecule has 1 aliphatic rings. The second-order valence-corrected chi connectivity index (χ2v) is 5.73. The van der Waals surface area contributed by atoms with Crippen LogP contribution in [0.4, 0.5) is 10.5 Å². The van der Waals surface area contributed by atoms with Crippen LogP contribution in [0, 0.1) is 11.8 Å². The summed E-state index contributed by atoms with van der Waals surface area (Å²) in [6.45, 7) is 6.04. The highest BCUT2D eigenvalue weighted by Gasteiger charge is 2.25. The maximum Gasteiger partial charge on any atom is 0.321 e. The molecule has 0 spiro atoms. The van der Waals surface area contributed by atoms with E-state index in [-0.39, 0.29) is 6.03 Å². The van der Waals surface area contributed by atoms with Gasteiger partial charge in [-0.3, -0.25) is 0 Å². The summed E-state index contributed by atoms with van der Waals surface area (Å²) in [6.07, 6.45) is 1.20. The molecule has 1 aromatic rings. The molecule has 1 aromatic carbocycles. The molecule has 1 aliphatic heterocycles. The predicted molar refractivity (Wildman–Crippen MR) is 75.0 cm³/mol. The first kappa shape index (κ1) is 13.2. The van der Waals surface area contributed by atoms with Gasteiger partial charge >= 0.3 is 6.03 Å². The number of halogens is 1. The lowest BCUT2D eigenvalue weighted by atomic mass is 9.92. The summed E-state index contributed by atoms with van der Waals surface area (Å²) >= 11 is 5.90. The lowest BCUT2D eigenvalue weighted by molar-refractivity contribution is 0.156. The van der Waals surface area contributed by atoms with Crippen molar-refractivity contribution in [2.24, 2.45) is 11.8 Å². The summed E-state index contributed by atoms with van der Waals surface area (Å²) < 4.78 is 0. The minimum absolute atomic E-state index is 0.0318. The molecule has 98 valence electrons. The minimum atomic E-state index is -0.0318. The molecule has 1 heterocycles. The molecular weight excluding hydrogens is 248 g/mol. The number of piperidine rings is 1. The van der Waals surface area contributed by atoms with E-state index in [1.54, 1.807) is 12.1 Å². The van der Waals surface area contributed by atoms with Crippen LogP contribution in [0.15, 0.2) is 24.3 Å². The zero-order chi connectivity index (χ0) is 13.1. The summed E-state index contributed by atoms with van der Waals surface area (Å²) in [4.78, 5) is 14.0. The van der Waals surface area contributed by atoms with Crippen LogP contribution in [-0.4, -0.2) is 24.0 Å². The first-order valence-corrected chi connectivity index (χ1v) is 6.74.